The number of nitro benzene ring substituents is 1. The van der Waals surface area contributed by atoms with Crippen LogP contribution in [0.1, 0.15) is 34.3 Å². The van der Waals surface area contributed by atoms with Gasteiger partial charge in [-0.25, -0.2) is 9.38 Å². The standard InChI is InChI=1S/C28H23FN4O4/c29-19-5-1-6-21(16-19)30-27(34)24-15-18-14-17-4-2-12-32-13-3-7-23(25(17)32)26(18)37-28(24)31-20-8-10-22(11-9-20)33(35)36/h1,5-6,8-11,14-16H,2-4,7,12-13H2,(H,30,34). The quantitative estimate of drug-likeness (QED) is 0.289. The zero-order valence-corrected chi connectivity index (χ0v) is 19.9. The van der Waals surface area contributed by atoms with Crippen LogP contribution in [0.4, 0.5) is 27.1 Å². The van der Waals surface area contributed by atoms with Crippen molar-refractivity contribution in [1.29, 1.82) is 0 Å². The second-order valence-corrected chi connectivity index (χ2v) is 9.29. The van der Waals surface area contributed by atoms with Gasteiger partial charge in [0.05, 0.1) is 10.6 Å². The predicted molar refractivity (Wildman–Crippen MR) is 138 cm³/mol. The van der Waals surface area contributed by atoms with Crippen molar-refractivity contribution in [1.82, 2.24) is 0 Å². The minimum absolute atomic E-state index is 0.0605. The number of carbonyl (C=O) groups is 1. The Labute approximate surface area is 211 Å². The number of nitrogens with one attached hydrogen (secondary N) is 1. The highest BCUT2D eigenvalue weighted by Gasteiger charge is 2.27. The zero-order valence-electron chi connectivity index (χ0n) is 19.9. The molecule has 3 heterocycles. The normalized spacial score (nSPS) is 14.9. The molecule has 1 N–H and O–H groups in total. The lowest BCUT2D eigenvalue weighted by Gasteiger charge is -2.37. The van der Waals surface area contributed by atoms with Gasteiger partial charge >= 0.3 is 0 Å². The van der Waals surface area contributed by atoms with Gasteiger partial charge in [0.2, 0.25) is 5.55 Å². The third-order valence-corrected chi connectivity index (χ3v) is 6.85. The van der Waals surface area contributed by atoms with E-state index < -0.39 is 16.6 Å². The maximum atomic E-state index is 13.7. The van der Waals surface area contributed by atoms with Gasteiger partial charge in [-0.05, 0) is 73.7 Å². The summed E-state index contributed by atoms with van der Waals surface area (Å²) in [5.74, 6) is -0.961. The van der Waals surface area contributed by atoms with E-state index in [1.807, 2.05) is 0 Å². The van der Waals surface area contributed by atoms with Crippen LogP contribution in [0.3, 0.4) is 0 Å². The summed E-state index contributed by atoms with van der Waals surface area (Å²) in [7, 11) is 0. The number of aryl methyl sites for hydroxylation is 2. The minimum atomic E-state index is -0.495. The summed E-state index contributed by atoms with van der Waals surface area (Å²) in [5.41, 5.74) is 5.21. The van der Waals surface area contributed by atoms with E-state index in [0.29, 0.717) is 17.0 Å². The lowest BCUT2D eigenvalue weighted by molar-refractivity contribution is -0.384. The van der Waals surface area contributed by atoms with Crippen LogP contribution in [-0.4, -0.2) is 23.9 Å². The third kappa shape index (κ3) is 4.33. The Morgan fingerprint density at radius 3 is 2.59 bits per heavy atom. The fourth-order valence-electron chi connectivity index (χ4n) is 5.23. The molecule has 0 radical (unpaired) electrons. The Hall–Kier alpha value is -4.53. The van der Waals surface area contributed by atoms with Gasteiger partial charge in [0.1, 0.15) is 17.0 Å². The lowest BCUT2D eigenvalue weighted by atomic mass is 9.90. The summed E-state index contributed by atoms with van der Waals surface area (Å²) in [5, 5.41) is 14.6. The van der Waals surface area contributed by atoms with Gasteiger partial charge in [0.15, 0.2) is 0 Å². The highest BCUT2D eigenvalue weighted by Crippen LogP contribution is 2.39. The monoisotopic (exact) mass is 498 g/mol. The van der Waals surface area contributed by atoms with Crippen LogP contribution in [0.2, 0.25) is 0 Å². The SMILES string of the molecule is O=C(Nc1cccc(F)c1)c1cc2cc3c4c(c2oc1=Nc1ccc([N+](=O)[O-])cc1)CCCN4CCC3. The molecule has 0 atom stereocenters. The van der Waals surface area contributed by atoms with Crippen molar-refractivity contribution < 1.29 is 18.5 Å². The molecule has 4 aromatic rings. The molecule has 0 unspecified atom stereocenters. The summed E-state index contributed by atoms with van der Waals surface area (Å²) in [4.78, 5) is 30.9. The van der Waals surface area contributed by atoms with Gasteiger partial charge < -0.3 is 14.6 Å². The van der Waals surface area contributed by atoms with Crippen molar-refractivity contribution in [3.8, 4) is 0 Å². The molecular weight excluding hydrogens is 475 g/mol. The highest BCUT2D eigenvalue weighted by atomic mass is 19.1. The number of hydrogen-bond donors (Lipinski definition) is 1. The molecule has 0 bridgehead atoms. The van der Waals surface area contributed by atoms with Crippen LogP contribution in [0.25, 0.3) is 11.0 Å². The Kier molecular flexibility index (Phi) is 5.67. The average molecular weight is 499 g/mol. The third-order valence-electron chi connectivity index (χ3n) is 6.85. The zero-order chi connectivity index (χ0) is 25.5. The van der Waals surface area contributed by atoms with Gasteiger partial charge in [-0.1, -0.05) is 6.07 Å². The largest absolute Gasteiger partial charge is 0.437 e. The summed E-state index contributed by atoms with van der Waals surface area (Å²) >= 11 is 0. The Balaban J connectivity index is 1.54. The summed E-state index contributed by atoms with van der Waals surface area (Å²) < 4.78 is 20.1. The molecule has 0 fully saturated rings. The fraction of sp³-hybridized carbons (Fsp3) is 0.214. The van der Waals surface area contributed by atoms with E-state index in [9.17, 15) is 19.3 Å². The van der Waals surface area contributed by atoms with Crippen molar-refractivity contribution in [3.63, 3.8) is 0 Å². The molecule has 2 aliphatic rings. The Morgan fingerprint density at radius 2 is 1.84 bits per heavy atom. The number of amides is 1. The van der Waals surface area contributed by atoms with E-state index in [2.05, 4.69) is 21.3 Å². The van der Waals surface area contributed by atoms with E-state index >= 15 is 0 Å². The molecule has 3 aromatic carbocycles. The van der Waals surface area contributed by atoms with Crippen LogP contribution in [0.15, 0.2) is 70.1 Å². The first kappa shape index (κ1) is 22.9. The van der Waals surface area contributed by atoms with Crippen molar-refractivity contribution in [2.75, 3.05) is 23.3 Å². The maximum absolute atomic E-state index is 13.7. The molecule has 2 aliphatic heterocycles. The number of carbonyl (C=O) groups excluding carboxylic acids is 1. The molecule has 8 nitrogen and oxygen atoms in total. The number of halogens is 1. The average Bonchev–Trinajstić information content (AvgIpc) is 2.89. The number of nitrogens with zero attached hydrogens (tertiary/aromatic N) is 3. The van der Waals surface area contributed by atoms with Gasteiger partial charge in [0, 0.05) is 47.5 Å². The van der Waals surface area contributed by atoms with E-state index in [0.717, 1.165) is 49.7 Å². The van der Waals surface area contributed by atoms with E-state index in [-0.39, 0.29) is 16.8 Å². The van der Waals surface area contributed by atoms with Crippen molar-refractivity contribution in [2.45, 2.75) is 25.7 Å². The molecule has 9 heteroatoms. The van der Waals surface area contributed by atoms with E-state index in [1.165, 1.54) is 53.7 Å². The molecule has 6 rings (SSSR count). The molecule has 0 saturated carbocycles. The molecule has 0 spiro atoms. The number of benzene rings is 3. The Bertz CT molecular complexity index is 1630. The minimum Gasteiger partial charge on any atom is -0.437 e. The molecule has 1 aromatic heterocycles. The molecule has 37 heavy (non-hydrogen) atoms. The summed E-state index contributed by atoms with van der Waals surface area (Å²) in [6.07, 6.45) is 3.92. The second kappa shape index (κ2) is 9.16. The number of non-ortho nitro benzene ring substituents is 1. The summed E-state index contributed by atoms with van der Waals surface area (Å²) in [6, 6.07) is 15.2. The lowest BCUT2D eigenvalue weighted by Crippen LogP contribution is -2.34. The van der Waals surface area contributed by atoms with Gasteiger partial charge in [0.25, 0.3) is 11.6 Å². The molecule has 1 amide bonds. The van der Waals surface area contributed by atoms with Crippen molar-refractivity contribution in [3.05, 3.63) is 98.8 Å². The van der Waals surface area contributed by atoms with Gasteiger partial charge in [-0.3, -0.25) is 14.9 Å². The Morgan fingerprint density at radius 1 is 1.05 bits per heavy atom. The van der Waals surface area contributed by atoms with Gasteiger partial charge in [-0.15, -0.1) is 0 Å². The highest BCUT2D eigenvalue weighted by molar-refractivity contribution is 6.06. The first-order valence-corrected chi connectivity index (χ1v) is 12.2. The fourth-order valence-corrected chi connectivity index (χ4v) is 5.23. The molecular formula is C28H23FN4O4. The first-order valence-electron chi connectivity index (χ1n) is 12.2. The molecule has 0 aliphatic carbocycles. The molecule has 0 saturated heterocycles. The first-order chi connectivity index (χ1) is 18.0. The smallest absolute Gasteiger partial charge is 0.269 e. The predicted octanol–water partition coefficient (Wildman–Crippen LogP) is 5.66. The van der Waals surface area contributed by atoms with Crippen LogP contribution < -0.4 is 15.8 Å². The second-order valence-electron chi connectivity index (χ2n) is 9.29. The van der Waals surface area contributed by atoms with Crippen molar-refractivity contribution >= 4 is 39.6 Å². The van der Waals surface area contributed by atoms with E-state index in [4.69, 9.17) is 4.42 Å². The van der Waals surface area contributed by atoms with Crippen LogP contribution >= 0.6 is 0 Å². The number of anilines is 2. The number of hydrogen-bond acceptors (Lipinski definition) is 6. The molecule has 186 valence electrons. The van der Waals surface area contributed by atoms with Gasteiger partial charge in [-0.2, -0.15) is 0 Å². The van der Waals surface area contributed by atoms with E-state index in [1.54, 1.807) is 12.1 Å². The maximum Gasteiger partial charge on any atom is 0.269 e. The topological polar surface area (TPSA) is 101 Å². The van der Waals surface area contributed by atoms with Crippen LogP contribution in [0.5, 0.6) is 0 Å². The number of rotatable bonds is 4. The number of nitro groups is 1. The van der Waals surface area contributed by atoms with Crippen LogP contribution in [-0.2, 0) is 12.8 Å². The van der Waals surface area contributed by atoms with Crippen molar-refractivity contribution in [2.24, 2.45) is 4.99 Å². The summed E-state index contributed by atoms with van der Waals surface area (Å²) in [6.45, 7) is 2.03. The number of fused-ring (bicyclic) bond motifs is 2. The van der Waals surface area contributed by atoms with Crippen LogP contribution in [0, 0.1) is 15.9 Å².